The highest BCUT2D eigenvalue weighted by atomic mass is 32.1. The lowest BCUT2D eigenvalue weighted by Gasteiger charge is -2.37. The first-order valence-electron chi connectivity index (χ1n) is 8.17. The van der Waals surface area contributed by atoms with Crippen molar-refractivity contribution in [3.8, 4) is 10.8 Å². The Bertz CT molecular complexity index is 795. The van der Waals surface area contributed by atoms with Gasteiger partial charge in [-0.05, 0) is 26.7 Å². The summed E-state index contributed by atoms with van der Waals surface area (Å²) in [5.41, 5.74) is 17.6. The van der Waals surface area contributed by atoms with Crippen LogP contribution in [0.1, 0.15) is 26.7 Å². The SMILES string of the molecule is CCOc1cc(N2CCC(C)(N)CC2)nc2sc(OC(N)=O)c(N)c12. The minimum absolute atomic E-state index is 0.140. The van der Waals surface area contributed by atoms with Crippen molar-refractivity contribution in [2.24, 2.45) is 11.5 Å². The van der Waals surface area contributed by atoms with Crippen molar-refractivity contribution in [2.75, 3.05) is 30.3 Å². The molecule has 6 N–H and O–H groups in total. The molecule has 2 aromatic heterocycles. The van der Waals surface area contributed by atoms with Gasteiger partial charge >= 0.3 is 6.09 Å². The molecule has 0 bridgehead atoms. The van der Waals surface area contributed by atoms with Gasteiger partial charge in [0.2, 0.25) is 5.06 Å². The molecule has 3 rings (SSSR count). The highest BCUT2D eigenvalue weighted by Gasteiger charge is 2.28. The lowest BCUT2D eigenvalue weighted by atomic mass is 9.91. The van der Waals surface area contributed by atoms with Gasteiger partial charge in [0.25, 0.3) is 0 Å². The zero-order valence-corrected chi connectivity index (χ0v) is 15.2. The molecule has 1 amide bonds. The van der Waals surface area contributed by atoms with Crippen LogP contribution in [0.4, 0.5) is 16.3 Å². The number of carbonyl (C=O) groups excluding carboxylic acids is 1. The van der Waals surface area contributed by atoms with E-state index in [1.807, 2.05) is 13.0 Å². The number of rotatable bonds is 4. The molecule has 9 heteroatoms. The molecule has 1 aliphatic heterocycles. The average molecular weight is 365 g/mol. The van der Waals surface area contributed by atoms with Crippen molar-refractivity contribution in [2.45, 2.75) is 32.2 Å². The minimum atomic E-state index is -0.908. The van der Waals surface area contributed by atoms with Gasteiger partial charge in [0.15, 0.2) is 0 Å². The van der Waals surface area contributed by atoms with Crippen LogP contribution in [0.15, 0.2) is 6.07 Å². The number of nitrogen functional groups attached to an aromatic ring is 1. The molecule has 0 unspecified atom stereocenters. The minimum Gasteiger partial charge on any atom is -0.493 e. The Hall–Kier alpha value is -2.26. The second-order valence-electron chi connectivity index (χ2n) is 6.46. The van der Waals surface area contributed by atoms with E-state index < -0.39 is 6.09 Å². The maximum Gasteiger partial charge on any atom is 0.410 e. The van der Waals surface area contributed by atoms with E-state index in [2.05, 4.69) is 16.8 Å². The predicted molar refractivity (Wildman–Crippen MR) is 99.5 cm³/mol. The van der Waals surface area contributed by atoms with Gasteiger partial charge in [-0.15, -0.1) is 0 Å². The molecule has 0 spiro atoms. The van der Waals surface area contributed by atoms with Gasteiger partial charge in [-0.3, -0.25) is 0 Å². The molecule has 1 aliphatic rings. The Kier molecular flexibility index (Phi) is 4.61. The Balaban J connectivity index is 2.02. The summed E-state index contributed by atoms with van der Waals surface area (Å²) in [6.45, 7) is 6.10. The highest BCUT2D eigenvalue weighted by molar-refractivity contribution is 7.21. The van der Waals surface area contributed by atoms with Crippen molar-refractivity contribution in [1.29, 1.82) is 0 Å². The van der Waals surface area contributed by atoms with Crippen molar-refractivity contribution in [1.82, 2.24) is 4.98 Å². The number of aromatic nitrogens is 1. The van der Waals surface area contributed by atoms with Gasteiger partial charge in [0.05, 0.1) is 12.0 Å². The van der Waals surface area contributed by atoms with E-state index >= 15 is 0 Å². The molecule has 0 aliphatic carbocycles. The molecule has 0 radical (unpaired) electrons. The topological polar surface area (TPSA) is 130 Å². The van der Waals surface area contributed by atoms with Crippen LogP contribution in [-0.2, 0) is 0 Å². The van der Waals surface area contributed by atoms with Crippen LogP contribution in [0.25, 0.3) is 10.2 Å². The largest absolute Gasteiger partial charge is 0.493 e. The fourth-order valence-corrected chi connectivity index (χ4v) is 3.86. The lowest BCUT2D eigenvalue weighted by Crippen LogP contribution is -2.48. The average Bonchev–Trinajstić information content (AvgIpc) is 2.83. The van der Waals surface area contributed by atoms with E-state index in [0.717, 1.165) is 31.7 Å². The van der Waals surface area contributed by atoms with Crippen LogP contribution in [0, 0.1) is 0 Å². The van der Waals surface area contributed by atoms with Gasteiger partial charge in [-0.1, -0.05) is 11.3 Å². The van der Waals surface area contributed by atoms with Crippen LogP contribution < -0.4 is 31.6 Å². The van der Waals surface area contributed by atoms with E-state index in [4.69, 9.17) is 26.7 Å². The summed E-state index contributed by atoms with van der Waals surface area (Å²) in [6, 6.07) is 1.88. The van der Waals surface area contributed by atoms with E-state index in [1.54, 1.807) is 0 Å². The number of thiophene rings is 1. The molecule has 136 valence electrons. The fraction of sp³-hybridized carbons (Fsp3) is 0.500. The monoisotopic (exact) mass is 365 g/mol. The summed E-state index contributed by atoms with van der Waals surface area (Å²) in [4.78, 5) is 18.6. The first-order valence-corrected chi connectivity index (χ1v) is 8.99. The zero-order valence-electron chi connectivity index (χ0n) is 14.4. The summed E-state index contributed by atoms with van der Waals surface area (Å²) < 4.78 is 10.7. The smallest absolute Gasteiger partial charge is 0.410 e. The summed E-state index contributed by atoms with van der Waals surface area (Å²) in [5.74, 6) is 1.43. The number of amides is 1. The molecular weight excluding hydrogens is 342 g/mol. The van der Waals surface area contributed by atoms with E-state index in [-0.39, 0.29) is 10.6 Å². The number of hydrogen-bond acceptors (Lipinski definition) is 8. The van der Waals surface area contributed by atoms with Crippen LogP contribution in [-0.4, -0.2) is 36.3 Å². The summed E-state index contributed by atoms with van der Waals surface area (Å²) in [6.07, 6.45) is 0.869. The first kappa shape index (κ1) is 17.6. The van der Waals surface area contributed by atoms with Crippen LogP contribution in [0.5, 0.6) is 10.8 Å². The summed E-state index contributed by atoms with van der Waals surface area (Å²) in [5, 5.41) is 0.883. The quantitative estimate of drug-likeness (QED) is 0.756. The standard InChI is InChI=1S/C16H23N5O3S/c1-3-23-9-8-10(21-6-4-16(2,19)5-7-21)20-13-11(9)12(17)14(25-13)24-15(18)22/h8H,3-7,17,19H2,1-2H3,(H2,18,22). The van der Waals surface area contributed by atoms with E-state index in [1.165, 1.54) is 11.3 Å². The van der Waals surface area contributed by atoms with Gasteiger partial charge in [-0.25, -0.2) is 9.78 Å². The fourth-order valence-electron chi connectivity index (χ4n) is 2.90. The number of ether oxygens (including phenoxy) is 2. The second-order valence-corrected chi connectivity index (χ2v) is 7.42. The molecule has 1 fully saturated rings. The molecule has 0 aromatic carbocycles. The number of pyridine rings is 1. The Morgan fingerprint density at radius 2 is 2.12 bits per heavy atom. The number of piperidine rings is 1. The number of hydrogen-bond donors (Lipinski definition) is 3. The number of anilines is 2. The molecule has 0 saturated carbocycles. The molecule has 0 atom stereocenters. The Morgan fingerprint density at radius 3 is 2.72 bits per heavy atom. The molecular formula is C16H23N5O3S. The highest BCUT2D eigenvalue weighted by Crippen LogP contribution is 2.45. The Labute approximate surface area is 149 Å². The van der Waals surface area contributed by atoms with Crippen molar-refractivity contribution in [3.63, 3.8) is 0 Å². The first-order chi connectivity index (χ1) is 11.8. The molecule has 3 heterocycles. The molecule has 8 nitrogen and oxygen atoms in total. The third-order valence-electron chi connectivity index (χ3n) is 4.34. The van der Waals surface area contributed by atoms with Crippen LogP contribution >= 0.6 is 11.3 Å². The van der Waals surface area contributed by atoms with Gasteiger partial charge in [0, 0.05) is 24.7 Å². The summed E-state index contributed by atoms with van der Waals surface area (Å²) >= 11 is 1.18. The van der Waals surface area contributed by atoms with Gasteiger partial charge < -0.3 is 31.6 Å². The van der Waals surface area contributed by atoms with E-state index in [0.29, 0.717) is 28.3 Å². The maximum atomic E-state index is 11.1. The third-order valence-corrected chi connectivity index (χ3v) is 5.32. The zero-order chi connectivity index (χ0) is 18.2. The van der Waals surface area contributed by atoms with E-state index in [9.17, 15) is 4.79 Å². The van der Waals surface area contributed by atoms with Gasteiger partial charge in [-0.2, -0.15) is 0 Å². The molecule has 25 heavy (non-hydrogen) atoms. The van der Waals surface area contributed by atoms with Crippen molar-refractivity contribution < 1.29 is 14.3 Å². The summed E-state index contributed by atoms with van der Waals surface area (Å²) in [7, 11) is 0. The third kappa shape index (κ3) is 3.57. The van der Waals surface area contributed by atoms with Crippen LogP contribution in [0.3, 0.4) is 0 Å². The molecule has 1 saturated heterocycles. The lowest BCUT2D eigenvalue weighted by molar-refractivity contribution is 0.212. The number of primary amides is 1. The number of nitrogens with zero attached hydrogens (tertiary/aromatic N) is 2. The maximum absolute atomic E-state index is 11.1. The Morgan fingerprint density at radius 1 is 1.44 bits per heavy atom. The van der Waals surface area contributed by atoms with Crippen molar-refractivity contribution in [3.05, 3.63) is 6.07 Å². The normalized spacial score (nSPS) is 16.8. The number of nitrogens with two attached hydrogens (primary N) is 3. The van der Waals surface area contributed by atoms with Crippen LogP contribution in [0.2, 0.25) is 0 Å². The van der Waals surface area contributed by atoms with Crippen molar-refractivity contribution >= 4 is 39.2 Å². The predicted octanol–water partition coefficient (Wildman–Crippen LogP) is 2.05. The number of carbonyl (C=O) groups is 1. The van der Waals surface area contributed by atoms with Gasteiger partial charge in [0.1, 0.15) is 22.1 Å². The number of fused-ring (bicyclic) bond motifs is 1. The second kappa shape index (κ2) is 6.57. The molecule has 2 aromatic rings.